The maximum atomic E-state index is 10.7. The van der Waals surface area contributed by atoms with Gasteiger partial charge in [0.2, 0.25) is 5.76 Å². The SMILES string of the molecule is Cc1noc(C=Cc2cccs2)c1[N+](=O)[O-]. The van der Waals surface area contributed by atoms with E-state index in [-0.39, 0.29) is 17.1 Å². The summed E-state index contributed by atoms with van der Waals surface area (Å²) in [5.74, 6) is 0.177. The van der Waals surface area contributed by atoms with Gasteiger partial charge < -0.3 is 4.52 Å². The van der Waals surface area contributed by atoms with E-state index in [4.69, 9.17) is 4.52 Å². The van der Waals surface area contributed by atoms with E-state index in [0.717, 1.165) is 4.88 Å². The number of aromatic nitrogens is 1. The fourth-order valence-electron chi connectivity index (χ4n) is 1.26. The highest BCUT2D eigenvalue weighted by molar-refractivity contribution is 7.10. The van der Waals surface area contributed by atoms with Crippen molar-refractivity contribution in [3.63, 3.8) is 0 Å². The molecule has 0 fully saturated rings. The van der Waals surface area contributed by atoms with Crippen molar-refractivity contribution in [2.24, 2.45) is 0 Å². The number of thiophene rings is 1. The van der Waals surface area contributed by atoms with Gasteiger partial charge in [0.25, 0.3) is 0 Å². The number of rotatable bonds is 3. The molecule has 0 unspecified atom stereocenters. The molecule has 0 aliphatic rings. The Balaban J connectivity index is 2.32. The molecule has 0 aromatic carbocycles. The molecule has 0 saturated carbocycles. The molecule has 16 heavy (non-hydrogen) atoms. The molecule has 0 amide bonds. The average molecular weight is 236 g/mol. The summed E-state index contributed by atoms with van der Waals surface area (Å²) >= 11 is 1.54. The second kappa shape index (κ2) is 4.28. The molecular formula is C10H8N2O3S. The summed E-state index contributed by atoms with van der Waals surface area (Å²) < 4.78 is 4.88. The minimum absolute atomic E-state index is 0.0761. The molecule has 2 rings (SSSR count). The van der Waals surface area contributed by atoms with Crippen LogP contribution in [0.15, 0.2) is 22.0 Å². The van der Waals surface area contributed by atoms with Gasteiger partial charge in [0.15, 0.2) is 5.69 Å². The van der Waals surface area contributed by atoms with Crippen LogP contribution in [0.1, 0.15) is 16.3 Å². The zero-order valence-electron chi connectivity index (χ0n) is 8.41. The molecule has 0 N–H and O–H groups in total. The van der Waals surface area contributed by atoms with Crippen LogP contribution in [0.2, 0.25) is 0 Å². The van der Waals surface area contributed by atoms with Crippen molar-refractivity contribution in [1.29, 1.82) is 0 Å². The molecule has 2 aromatic heterocycles. The third-order valence-electron chi connectivity index (χ3n) is 1.98. The maximum Gasteiger partial charge on any atom is 0.338 e. The van der Waals surface area contributed by atoms with Crippen molar-refractivity contribution in [3.8, 4) is 0 Å². The first-order valence-corrected chi connectivity index (χ1v) is 5.38. The van der Waals surface area contributed by atoms with E-state index in [9.17, 15) is 10.1 Å². The molecule has 5 nitrogen and oxygen atoms in total. The standard InChI is InChI=1S/C10H8N2O3S/c1-7-10(12(13)14)9(15-11-7)5-4-8-3-2-6-16-8/h2-6H,1H3. The van der Waals surface area contributed by atoms with E-state index in [1.54, 1.807) is 30.4 Å². The maximum absolute atomic E-state index is 10.7. The molecule has 0 spiro atoms. The van der Waals surface area contributed by atoms with Crippen LogP contribution in [0.5, 0.6) is 0 Å². The van der Waals surface area contributed by atoms with Crippen LogP contribution in [0.25, 0.3) is 12.2 Å². The van der Waals surface area contributed by atoms with Gasteiger partial charge in [-0.15, -0.1) is 11.3 Å². The topological polar surface area (TPSA) is 69.2 Å². The van der Waals surface area contributed by atoms with Crippen LogP contribution in [0, 0.1) is 17.0 Å². The molecule has 0 aliphatic carbocycles. The highest BCUT2D eigenvalue weighted by atomic mass is 32.1. The summed E-state index contributed by atoms with van der Waals surface area (Å²) in [4.78, 5) is 11.3. The number of hydrogen-bond donors (Lipinski definition) is 0. The van der Waals surface area contributed by atoms with Gasteiger partial charge >= 0.3 is 5.69 Å². The van der Waals surface area contributed by atoms with Gasteiger partial charge in [0.1, 0.15) is 0 Å². The Bertz CT molecular complexity index is 528. The first-order valence-electron chi connectivity index (χ1n) is 4.50. The molecule has 2 aromatic rings. The van der Waals surface area contributed by atoms with Crippen LogP contribution in [-0.4, -0.2) is 10.1 Å². The average Bonchev–Trinajstić information content (AvgIpc) is 2.83. The second-order valence-corrected chi connectivity index (χ2v) is 4.07. The first-order chi connectivity index (χ1) is 7.68. The van der Waals surface area contributed by atoms with Gasteiger partial charge in [0, 0.05) is 4.88 Å². The van der Waals surface area contributed by atoms with E-state index >= 15 is 0 Å². The van der Waals surface area contributed by atoms with Crippen molar-refractivity contribution in [1.82, 2.24) is 5.16 Å². The molecule has 0 radical (unpaired) electrons. The summed E-state index contributed by atoms with van der Waals surface area (Å²) in [6.07, 6.45) is 3.32. The Morgan fingerprint density at radius 1 is 1.56 bits per heavy atom. The van der Waals surface area contributed by atoms with Crippen LogP contribution < -0.4 is 0 Å². The minimum atomic E-state index is -0.486. The molecule has 0 bridgehead atoms. The van der Waals surface area contributed by atoms with Gasteiger partial charge in [-0.25, -0.2) is 0 Å². The third kappa shape index (κ3) is 2.01. The zero-order chi connectivity index (χ0) is 11.5. The monoisotopic (exact) mass is 236 g/mol. The van der Waals surface area contributed by atoms with Crippen LogP contribution in [0.3, 0.4) is 0 Å². The molecular weight excluding hydrogens is 228 g/mol. The summed E-state index contributed by atoms with van der Waals surface area (Å²) in [7, 11) is 0. The minimum Gasteiger partial charge on any atom is -0.349 e. The van der Waals surface area contributed by atoms with Crippen molar-refractivity contribution in [3.05, 3.63) is 44.0 Å². The predicted molar refractivity (Wildman–Crippen MR) is 61.1 cm³/mol. The summed E-state index contributed by atoms with van der Waals surface area (Å²) in [6, 6.07) is 3.82. The molecule has 0 aliphatic heterocycles. The summed E-state index contributed by atoms with van der Waals surface area (Å²) in [5, 5.41) is 16.2. The van der Waals surface area contributed by atoms with Crippen molar-refractivity contribution in [2.75, 3.05) is 0 Å². The lowest BCUT2D eigenvalue weighted by molar-refractivity contribution is -0.386. The lowest BCUT2D eigenvalue weighted by Crippen LogP contribution is -1.89. The third-order valence-corrected chi connectivity index (χ3v) is 2.82. The molecule has 0 atom stereocenters. The Kier molecular flexibility index (Phi) is 2.82. The Morgan fingerprint density at radius 3 is 3.00 bits per heavy atom. The summed E-state index contributed by atoms with van der Waals surface area (Å²) in [6.45, 7) is 1.55. The highest BCUT2D eigenvalue weighted by Crippen LogP contribution is 2.25. The Morgan fingerprint density at radius 2 is 2.38 bits per heavy atom. The molecule has 6 heteroatoms. The van der Waals surface area contributed by atoms with Gasteiger partial charge in [0.05, 0.1) is 4.92 Å². The van der Waals surface area contributed by atoms with Crippen molar-refractivity contribution >= 4 is 29.2 Å². The van der Waals surface area contributed by atoms with E-state index in [1.165, 1.54) is 0 Å². The van der Waals surface area contributed by atoms with Crippen LogP contribution in [0.4, 0.5) is 5.69 Å². The van der Waals surface area contributed by atoms with Crippen molar-refractivity contribution < 1.29 is 9.45 Å². The number of hydrogen-bond acceptors (Lipinski definition) is 5. The largest absolute Gasteiger partial charge is 0.349 e. The van der Waals surface area contributed by atoms with E-state index in [2.05, 4.69) is 5.16 Å². The van der Waals surface area contributed by atoms with E-state index < -0.39 is 4.92 Å². The van der Waals surface area contributed by atoms with E-state index in [0.29, 0.717) is 0 Å². The van der Waals surface area contributed by atoms with Crippen LogP contribution in [-0.2, 0) is 0 Å². The van der Waals surface area contributed by atoms with E-state index in [1.807, 2.05) is 17.5 Å². The number of nitrogens with zero attached hydrogens (tertiary/aromatic N) is 2. The molecule has 2 heterocycles. The number of aryl methyl sites for hydroxylation is 1. The lowest BCUT2D eigenvalue weighted by Gasteiger charge is -1.87. The zero-order valence-corrected chi connectivity index (χ0v) is 9.23. The Hall–Kier alpha value is -1.95. The quantitative estimate of drug-likeness (QED) is 0.606. The summed E-state index contributed by atoms with van der Waals surface area (Å²) in [5.41, 5.74) is 0.212. The second-order valence-electron chi connectivity index (χ2n) is 3.09. The Labute approximate surface area is 95.2 Å². The van der Waals surface area contributed by atoms with Gasteiger partial charge in [-0.2, -0.15) is 0 Å². The fraction of sp³-hybridized carbons (Fsp3) is 0.100. The fourth-order valence-corrected chi connectivity index (χ4v) is 1.88. The van der Waals surface area contributed by atoms with Crippen LogP contribution >= 0.6 is 11.3 Å². The molecule has 82 valence electrons. The smallest absolute Gasteiger partial charge is 0.338 e. The van der Waals surface area contributed by atoms with Gasteiger partial charge in [-0.05, 0) is 30.5 Å². The van der Waals surface area contributed by atoms with Crippen molar-refractivity contribution in [2.45, 2.75) is 6.92 Å². The van der Waals surface area contributed by atoms with Gasteiger partial charge in [-0.3, -0.25) is 10.1 Å². The highest BCUT2D eigenvalue weighted by Gasteiger charge is 2.21. The normalized spacial score (nSPS) is 11.1. The molecule has 0 saturated heterocycles. The lowest BCUT2D eigenvalue weighted by atomic mass is 10.3. The number of nitro groups is 1. The van der Waals surface area contributed by atoms with Gasteiger partial charge in [-0.1, -0.05) is 11.2 Å². The predicted octanol–water partition coefficient (Wildman–Crippen LogP) is 3.12. The first kappa shape index (κ1) is 10.6.